The zero-order chi connectivity index (χ0) is 16.0. The first-order valence-electron chi connectivity index (χ1n) is 6.93. The Morgan fingerprint density at radius 3 is 2.57 bits per heavy atom. The highest BCUT2D eigenvalue weighted by Gasteiger charge is 2.29. The van der Waals surface area contributed by atoms with Crippen LogP contribution in [-0.2, 0) is 13.1 Å². The Labute approximate surface area is 129 Å². The molecule has 6 nitrogen and oxygen atoms in total. The van der Waals surface area contributed by atoms with Crippen LogP contribution in [0.15, 0.2) is 30.6 Å². The Bertz CT molecular complexity index is 860. The smallest absolute Gasteiger partial charge is 0.258 e. The summed E-state index contributed by atoms with van der Waals surface area (Å²) < 4.78 is 27.9. The minimum absolute atomic E-state index is 0.0410. The van der Waals surface area contributed by atoms with Crippen LogP contribution < -0.4 is 0 Å². The molecule has 1 amide bonds. The van der Waals surface area contributed by atoms with Crippen LogP contribution in [0.1, 0.15) is 21.6 Å². The van der Waals surface area contributed by atoms with Crippen molar-refractivity contribution in [1.29, 1.82) is 0 Å². The molecule has 0 spiro atoms. The van der Waals surface area contributed by atoms with Crippen molar-refractivity contribution in [1.82, 2.24) is 25.3 Å². The Kier molecular flexibility index (Phi) is 2.97. The van der Waals surface area contributed by atoms with Gasteiger partial charge in [-0.2, -0.15) is 10.2 Å². The summed E-state index contributed by atoms with van der Waals surface area (Å²) >= 11 is 0. The van der Waals surface area contributed by atoms with E-state index in [0.29, 0.717) is 13.1 Å². The van der Waals surface area contributed by atoms with Gasteiger partial charge < -0.3 is 4.90 Å². The molecule has 0 radical (unpaired) electrons. The Morgan fingerprint density at radius 1 is 1.09 bits per heavy atom. The second-order valence-corrected chi connectivity index (χ2v) is 5.29. The molecule has 2 aromatic heterocycles. The molecule has 0 unspecified atom stereocenters. The second-order valence-electron chi connectivity index (χ2n) is 5.29. The average molecular weight is 315 g/mol. The molecule has 8 heteroatoms. The molecule has 0 saturated carbocycles. The fourth-order valence-electron chi connectivity index (χ4n) is 2.75. The highest BCUT2D eigenvalue weighted by Crippen LogP contribution is 2.29. The van der Waals surface area contributed by atoms with E-state index in [1.54, 1.807) is 11.1 Å². The number of halogens is 2. The number of hydrogen-bond acceptors (Lipinski definition) is 3. The number of amides is 1. The van der Waals surface area contributed by atoms with Crippen molar-refractivity contribution in [2.45, 2.75) is 13.1 Å². The van der Waals surface area contributed by atoms with Gasteiger partial charge in [0.15, 0.2) is 0 Å². The molecule has 3 heterocycles. The molecule has 0 atom stereocenters. The minimum Gasteiger partial charge on any atom is -0.328 e. The number of hydrogen-bond donors (Lipinski definition) is 2. The summed E-state index contributed by atoms with van der Waals surface area (Å²) in [6.45, 7) is 0.771. The normalized spacial score (nSPS) is 13.4. The van der Waals surface area contributed by atoms with Gasteiger partial charge in [0.25, 0.3) is 5.91 Å². The molecule has 4 rings (SSSR count). The fourth-order valence-corrected chi connectivity index (χ4v) is 2.75. The van der Waals surface area contributed by atoms with Crippen LogP contribution in [0.3, 0.4) is 0 Å². The average Bonchev–Trinajstić information content (AvgIpc) is 3.21. The van der Waals surface area contributed by atoms with Crippen molar-refractivity contribution in [2.24, 2.45) is 0 Å². The highest BCUT2D eigenvalue weighted by atomic mass is 19.1. The second kappa shape index (κ2) is 5.01. The summed E-state index contributed by atoms with van der Waals surface area (Å²) in [5.74, 6) is -1.85. The van der Waals surface area contributed by atoms with E-state index >= 15 is 0 Å². The third-order valence-corrected chi connectivity index (χ3v) is 3.89. The van der Waals surface area contributed by atoms with Gasteiger partial charge in [0.05, 0.1) is 41.5 Å². The minimum atomic E-state index is -0.751. The lowest BCUT2D eigenvalue weighted by Crippen LogP contribution is -2.26. The Morgan fingerprint density at radius 2 is 1.83 bits per heavy atom. The number of fused-ring (bicyclic) bond motifs is 1. The molecule has 23 heavy (non-hydrogen) atoms. The maximum atomic E-state index is 14.0. The van der Waals surface area contributed by atoms with E-state index in [2.05, 4.69) is 20.4 Å². The number of carbonyl (C=O) groups excluding carboxylic acids is 1. The first-order chi connectivity index (χ1) is 11.1. The maximum absolute atomic E-state index is 14.0. The van der Waals surface area contributed by atoms with Crippen LogP contribution in [0.4, 0.5) is 8.78 Å². The lowest BCUT2D eigenvalue weighted by atomic mass is 10.1. The van der Waals surface area contributed by atoms with Crippen LogP contribution in [0, 0.1) is 11.6 Å². The van der Waals surface area contributed by atoms with Crippen LogP contribution in [0.5, 0.6) is 0 Å². The Hall–Kier alpha value is -3.03. The van der Waals surface area contributed by atoms with E-state index in [4.69, 9.17) is 0 Å². The van der Waals surface area contributed by atoms with Crippen LogP contribution in [0.25, 0.3) is 11.3 Å². The lowest BCUT2D eigenvalue weighted by Gasteiger charge is -2.15. The van der Waals surface area contributed by atoms with Crippen molar-refractivity contribution < 1.29 is 13.6 Å². The molecular formula is C15H11F2N5O. The van der Waals surface area contributed by atoms with Gasteiger partial charge in [-0.05, 0) is 12.1 Å². The molecule has 0 aliphatic carbocycles. The van der Waals surface area contributed by atoms with Gasteiger partial charge in [-0.15, -0.1) is 0 Å². The van der Waals surface area contributed by atoms with Crippen LogP contribution in [-0.4, -0.2) is 31.2 Å². The Balaban J connectivity index is 1.71. The highest BCUT2D eigenvalue weighted by molar-refractivity contribution is 6.00. The monoisotopic (exact) mass is 315 g/mol. The third kappa shape index (κ3) is 2.10. The zero-order valence-electron chi connectivity index (χ0n) is 11.8. The third-order valence-electron chi connectivity index (χ3n) is 3.89. The SMILES string of the molecule is O=C(c1cn[nH]c1-c1c(F)cccc1F)N1Cc2cn[nH]c2C1. The topological polar surface area (TPSA) is 77.7 Å². The number of aromatic amines is 2. The van der Waals surface area contributed by atoms with E-state index in [0.717, 1.165) is 23.4 Å². The number of carbonyl (C=O) groups is 1. The largest absolute Gasteiger partial charge is 0.328 e. The quantitative estimate of drug-likeness (QED) is 0.761. The molecule has 116 valence electrons. The molecule has 0 fully saturated rings. The molecule has 2 N–H and O–H groups in total. The standard InChI is InChI=1S/C15H11F2N5O/c16-10-2-1-3-11(17)13(10)14-9(5-19-21-14)15(23)22-6-8-4-18-20-12(8)7-22/h1-5H,6-7H2,(H,18,20)(H,19,21). The molecular weight excluding hydrogens is 304 g/mol. The van der Waals surface area contributed by atoms with E-state index in [-0.39, 0.29) is 22.7 Å². The van der Waals surface area contributed by atoms with Crippen LogP contribution >= 0.6 is 0 Å². The molecule has 1 aliphatic heterocycles. The fraction of sp³-hybridized carbons (Fsp3) is 0.133. The van der Waals surface area contributed by atoms with E-state index in [1.807, 2.05) is 0 Å². The van der Waals surface area contributed by atoms with Gasteiger partial charge in [0, 0.05) is 12.1 Å². The summed E-state index contributed by atoms with van der Waals surface area (Å²) in [7, 11) is 0. The number of rotatable bonds is 2. The van der Waals surface area contributed by atoms with E-state index in [9.17, 15) is 13.6 Å². The van der Waals surface area contributed by atoms with Crippen molar-refractivity contribution in [3.63, 3.8) is 0 Å². The van der Waals surface area contributed by atoms with Crippen molar-refractivity contribution >= 4 is 5.91 Å². The van der Waals surface area contributed by atoms with Crippen molar-refractivity contribution in [3.05, 3.63) is 59.0 Å². The molecule has 1 aliphatic rings. The first kappa shape index (κ1) is 13.6. The van der Waals surface area contributed by atoms with Gasteiger partial charge in [-0.1, -0.05) is 6.07 Å². The van der Waals surface area contributed by atoms with Crippen molar-refractivity contribution in [3.8, 4) is 11.3 Å². The predicted octanol–water partition coefficient (Wildman–Crippen LogP) is 2.23. The summed E-state index contributed by atoms with van der Waals surface area (Å²) in [6, 6.07) is 3.55. The van der Waals surface area contributed by atoms with Gasteiger partial charge in [-0.25, -0.2) is 8.78 Å². The molecule has 0 bridgehead atoms. The van der Waals surface area contributed by atoms with Crippen LogP contribution in [0.2, 0.25) is 0 Å². The number of nitrogens with one attached hydrogen (secondary N) is 2. The van der Waals surface area contributed by atoms with Gasteiger partial charge in [0.1, 0.15) is 11.6 Å². The van der Waals surface area contributed by atoms with Gasteiger partial charge in [-0.3, -0.25) is 15.0 Å². The zero-order valence-corrected chi connectivity index (χ0v) is 11.8. The first-order valence-corrected chi connectivity index (χ1v) is 6.93. The number of aromatic nitrogens is 4. The molecule has 3 aromatic rings. The maximum Gasteiger partial charge on any atom is 0.258 e. The van der Waals surface area contributed by atoms with Crippen molar-refractivity contribution in [2.75, 3.05) is 0 Å². The van der Waals surface area contributed by atoms with E-state index < -0.39 is 11.6 Å². The molecule has 1 aromatic carbocycles. The summed E-state index contributed by atoms with van der Waals surface area (Å²) in [5.41, 5.74) is 1.68. The summed E-state index contributed by atoms with van der Waals surface area (Å²) in [5, 5.41) is 13.0. The number of nitrogens with zero attached hydrogens (tertiary/aromatic N) is 3. The predicted molar refractivity (Wildman–Crippen MR) is 76.1 cm³/mol. The lowest BCUT2D eigenvalue weighted by molar-refractivity contribution is 0.0750. The number of benzene rings is 1. The summed E-state index contributed by atoms with van der Waals surface area (Å²) in [4.78, 5) is 14.2. The summed E-state index contributed by atoms with van der Waals surface area (Å²) in [6.07, 6.45) is 2.95. The number of H-pyrrole nitrogens is 2. The van der Waals surface area contributed by atoms with E-state index in [1.165, 1.54) is 12.3 Å². The van der Waals surface area contributed by atoms with Gasteiger partial charge in [0.2, 0.25) is 0 Å². The molecule has 0 saturated heterocycles. The van der Waals surface area contributed by atoms with Gasteiger partial charge >= 0.3 is 0 Å².